The van der Waals surface area contributed by atoms with E-state index >= 15 is 0 Å². The van der Waals surface area contributed by atoms with Crippen LogP contribution in [-0.4, -0.2) is 10.7 Å². The van der Waals surface area contributed by atoms with Crippen LogP contribution in [0.3, 0.4) is 0 Å². The van der Waals surface area contributed by atoms with Crippen LogP contribution in [0.2, 0.25) is 0 Å². The van der Waals surface area contributed by atoms with E-state index in [4.69, 9.17) is 14.6 Å². The van der Waals surface area contributed by atoms with Crippen molar-refractivity contribution in [2.45, 2.75) is 32.2 Å². The Balaban J connectivity index is 1.28. The first-order valence-corrected chi connectivity index (χ1v) is 11.7. The predicted octanol–water partition coefficient (Wildman–Crippen LogP) is 6.82. The molecule has 2 atom stereocenters. The molecule has 6 rings (SSSR count). The minimum Gasteiger partial charge on any atom is -0.489 e. The Bertz CT molecular complexity index is 1310. The standard InChI is InChI=1S/C30H26N2O2/c1-21-11-13-23(14-12-21)27-19-28-26-9-5-6-10-29(26)34-30(32(28)31-27)24-15-17-25(18-16-24)33-20-22-7-3-2-4-8-22/h2-18,28,30H,19-20H2,1H3/t28-,30+/m1/s1. The summed E-state index contributed by atoms with van der Waals surface area (Å²) in [4.78, 5) is 0. The van der Waals surface area contributed by atoms with Crippen molar-refractivity contribution in [1.82, 2.24) is 5.01 Å². The lowest BCUT2D eigenvalue weighted by atomic mass is 9.95. The molecule has 0 N–H and O–H groups in total. The number of nitrogens with zero attached hydrogens (tertiary/aromatic N) is 2. The third kappa shape index (κ3) is 3.92. The summed E-state index contributed by atoms with van der Waals surface area (Å²) in [7, 11) is 0. The highest BCUT2D eigenvalue weighted by Gasteiger charge is 2.40. The molecule has 34 heavy (non-hydrogen) atoms. The smallest absolute Gasteiger partial charge is 0.213 e. The lowest BCUT2D eigenvalue weighted by molar-refractivity contribution is -0.0190. The van der Waals surface area contributed by atoms with E-state index in [1.165, 1.54) is 16.7 Å². The van der Waals surface area contributed by atoms with Crippen LogP contribution < -0.4 is 9.47 Å². The molecule has 4 nitrogen and oxygen atoms in total. The molecule has 0 unspecified atom stereocenters. The highest BCUT2D eigenvalue weighted by molar-refractivity contribution is 6.02. The summed E-state index contributed by atoms with van der Waals surface area (Å²) in [6.45, 7) is 2.66. The maximum Gasteiger partial charge on any atom is 0.213 e. The average Bonchev–Trinajstić information content (AvgIpc) is 3.34. The topological polar surface area (TPSA) is 34.1 Å². The first-order chi connectivity index (χ1) is 16.7. The number of hydrogen-bond acceptors (Lipinski definition) is 4. The van der Waals surface area contributed by atoms with E-state index in [2.05, 4.69) is 78.7 Å². The SMILES string of the molecule is Cc1ccc(C2=NN3[C@H](C2)c2ccccc2O[C@H]3c2ccc(OCc3ccccc3)cc2)cc1. The average molecular weight is 447 g/mol. The van der Waals surface area contributed by atoms with Gasteiger partial charge in [-0.25, -0.2) is 5.01 Å². The van der Waals surface area contributed by atoms with E-state index in [1.807, 2.05) is 36.4 Å². The molecule has 168 valence electrons. The lowest BCUT2D eigenvalue weighted by Crippen LogP contribution is -2.33. The number of fused-ring (bicyclic) bond motifs is 3. The summed E-state index contributed by atoms with van der Waals surface area (Å²) >= 11 is 0. The van der Waals surface area contributed by atoms with Gasteiger partial charge in [0.1, 0.15) is 18.1 Å². The third-order valence-electron chi connectivity index (χ3n) is 6.50. The van der Waals surface area contributed by atoms with Crippen LogP contribution in [0.15, 0.2) is 108 Å². The summed E-state index contributed by atoms with van der Waals surface area (Å²) in [6.07, 6.45) is 0.573. The fourth-order valence-electron chi connectivity index (χ4n) is 4.64. The van der Waals surface area contributed by atoms with Gasteiger partial charge >= 0.3 is 0 Å². The molecule has 2 aliphatic heterocycles. The molecule has 0 fully saturated rings. The Hall–Kier alpha value is -4.05. The van der Waals surface area contributed by atoms with Gasteiger partial charge in [0.25, 0.3) is 0 Å². The monoisotopic (exact) mass is 446 g/mol. The van der Waals surface area contributed by atoms with Gasteiger partial charge in [0.05, 0.1) is 11.8 Å². The normalized spacial score (nSPS) is 18.5. The van der Waals surface area contributed by atoms with E-state index in [1.54, 1.807) is 0 Å². The number of hydrazone groups is 1. The van der Waals surface area contributed by atoms with E-state index in [-0.39, 0.29) is 12.3 Å². The first-order valence-electron chi connectivity index (χ1n) is 11.7. The van der Waals surface area contributed by atoms with Gasteiger partial charge in [-0.2, -0.15) is 5.10 Å². The molecule has 2 aliphatic rings. The zero-order chi connectivity index (χ0) is 22.9. The zero-order valence-electron chi connectivity index (χ0n) is 19.1. The minimum absolute atomic E-state index is 0.153. The molecule has 4 heteroatoms. The molecule has 0 saturated heterocycles. The largest absolute Gasteiger partial charge is 0.489 e. The number of aryl methyl sites for hydroxylation is 1. The number of ether oxygens (including phenoxy) is 2. The second kappa shape index (κ2) is 8.71. The molecular weight excluding hydrogens is 420 g/mol. The van der Waals surface area contributed by atoms with E-state index in [0.29, 0.717) is 6.61 Å². The van der Waals surface area contributed by atoms with Crippen molar-refractivity contribution in [3.05, 3.63) is 131 Å². The Morgan fingerprint density at radius 3 is 2.38 bits per heavy atom. The van der Waals surface area contributed by atoms with Gasteiger partial charge < -0.3 is 9.47 Å². The van der Waals surface area contributed by atoms with E-state index < -0.39 is 0 Å². The Labute approximate surface area is 200 Å². The summed E-state index contributed by atoms with van der Waals surface area (Å²) < 4.78 is 12.5. The van der Waals surface area contributed by atoms with Crippen LogP contribution in [0, 0.1) is 6.92 Å². The van der Waals surface area contributed by atoms with Gasteiger partial charge in [0.15, 0.2) is 0 Å². The van der Waals surface area contributed by atoms with Crippen molar-refractivity contribution in [1.29, 1.82) is 0 Å². The van der Waals surface area contributed by atoms with Crippen LogP contribution >= 0.6 is 0 Å². The summed E-state index contributed by atoms with van der Waals surface area (Å²) in [6, 6.07) is 35.5. The molecule has 0 radical (unpaired) electrons. The highest BCUT2D eigenvalue weighted by atomic mass is 16.5. The number of benzene rings is 4. The zero-order valence-corrected chi connectivity index (χ0v) is 19.1. The fraction of sp³-hybridized carbons (Fsp3) is 0.167. The molecule has 4 aromatic rings. The van der Waals surface area contributed by atoms with Gasteiger partial charge in [-0.15, -0.1) is 0 Å². The van der Waals surface area contributed by atoms with Gasteiger partial charge in [0, 0.05) is 17.5 Å². The van der Waals surface area contributed by atoms with Gasteiger partial charge in [-0.3, -0.25) is 0 Å². The molecule has 0 saturated carbocycles. The van der Waals surface area contributed by atoms with Crippen molar-refractivity contribution < 1.29 is 9.47 Å². The van der Waals surface area contributed by atoms with Gasteiger partial charge in [-0.05, 0) is 48.4 Å². The van der Waals surface area contributed by atoms with Crippen LogP contribution in [0.1, 0.15) is 46.5 Å². The molecule has 2 heterocycles. The first kappa shape index (κ1) is 20.5. The molecule has 0 bridgehead atoms. The quantitative estimate of drug-likeness (QED) is 0.337. The molecule has 0 spiro atoms. The van der Waals surface area contributed by atoms with Gasteiger partial charge in [-0.1, -0.05) is 78.4 Å². The second-order valence-corrected chi connectivity index (χ2v) is 8.86. The van der Waals surface area contributed by atoms with Crippen molar-refractivity contribution in [2.75, 3.05) is 0 Å². The predicted molar refractivity (Wildman–Crippen MR) is 134 cm³/mol. The fourth-order valence-corrected chi connectivity index (χ4v) is 4.64. The number of hydrogen-bond donors (Lipinski definition) is 0. The Kier molecular flexibility index (Phi) is 5.27. The number of rotatable bonds is 5. The maximum absolute atomic E-state index is 6.48. The molecule has 0 aliphatic carbocycles. The van der Waals surface area contributed by atoms with Crippen molar-refractivity contribution in [3.63, 3.8) is 0 Å². The molecular formula is C30H26N2O2. The van der Waals surface area contributed by atoms with E-state index in [0.717, 1.165) is 34.8 Å². The van der Waals surface area contributed by atoms with Crippen LogP contribution in [-0.2, 0) is 6.61 Å². The summed E-state index contributed by atoms with van der Waals surface area (Å²) in [5.74, 6) is 1.77. The van der Waals surface area contributed by atoms with Crippen molar-refractivity contribution >= 4 is 5.71 Å². The van der Waals surface area contributed by atoms with Crippen LogP contribution in [0.4, 0.5) is 0 Å². The summed E-state index contributed by atoms with van der Waals surface area (Å²) in [5.41, 5.74) is 6.91. The minimum atomic E-state index is -0.286. The highest BCUT2D eigenvalue weighted by Crippen LogP contribution is 2.47. The molecule has 4 aromatic carbocycles. The van der Waals surface area contributed by atoms with E-state index in [9.17, 15) is 0 Å². The Morgan fingerprint density at radius 2 is 1.59 bits per heavy atom. The van der Waals surface area contributed by atoms with Crippen LogP contribution in [0.5, 0.6) is 11.5 Å². The van der Waals surface area contributed by atoms with Crippen molar-refractivity contribution in [2.24, 2.45) is 5.10 Å². The lowest BCUT2D eigenvalue weighted by Gasteiger charge is -2.38. The number of para-hydroxylation sites is 1. The third-order valence-corrected chi connectivity index (χ3v) is 6.50. The van der Waals surface area contributed by atoms with Gasteiger partial charge in [0.2, 0.25) is 6.23 Å². The van der Waals surface area contributed by atoms with Crippen LogP contribution in [0.25, 0.3) is 0 Å². The molecule has 0 aromatic heterocycles. The second-order valence-electron chi connectivity index (χ2n) is 8.86. The summed E-state index contributed by atoms with van der Waals surface area (Å²) in [5, 5.41) is 7.18. The Morgan fingerprint density at radius 1 is 0.853 bits per heavy atom. The van der Waals surface area contributed by atoms with Crippen molar-refractivity contribution in [3.8, 4) is 11.5 Å². The maximum atomic E-state index is 6.48. The molecule has 0 amide bonds.